The van der Waals surface area contributed by atoms with E-state index in [2.05, 4.69) is 21.2 Å². The Morgan fingerprint density at radius 1 is 0.947 bits per heavy atom. The molecule has 7 heteroatoms. The second-order valence-corrected chi connectivity index (χ2v) is 12.1. The molecule has 0 saturated heterocycles. The fourth-order valence-corrected chi connectivity index (χ4v) is 6.52. The SMILES string of the molecule is O=C(NC1CCCCC1)[C@H](Cc1ccccc1)N(Cc1cccc(Br)c1)C(=O)CSCc1ccccc1Cl. The van der Waals surface area contributed by atoms with Gasteiger partial charge in [-0.15, -0.1) is 11.8 Å². The van der Waals surface area contributed by atoms with Crippen LogP contribution in [0.2, 0.25) is 5.02 Å². The van der Waals surface area contributed by atoms with Crippen molar-refractivity contribution < 1.29 is 9.59 Å². The first kappa shape index (κ1) is 28.7. The standard InChI is InChI=1S/C31H34BrClN2O2S/c32-26-14-9-12-24(18-26)20-35(30(36)22-38-21-25-13-7-8-17-28(25)33)29(19-23-10-3-1-4-11-23)31(37)34-27-15-5-2-6-16-27/h1,3-4,7-14,17-18,27,29H,2,5-6,15-16,19-22H2,(H,34,37)/t29-/m0/s1. The van der Waals surface area contributed by atoms with Gasteiger partial charge in [0.1, 0.15) is 6.04 Å². The van der Waals surface area contributed by atoms with Crippen LogP contribution in [-0.4, -0.2) is 34.6 Å². The molecule has 0 radical (unpaired) electrons. The number of carbonyl (C=O) groups is 2. The van der Waals surface area contributed by atoms with E-state index in [9.17, 15) is 9.59 Å². The van der Waals surface area contributed by atoms with Crippen LogP contribution in [-0.2, 0) is 28.3 Å². The molecule has 3 aromatic carbocycles. The molecule has 4 nitrogen and oxygen atoms in total. The van der Waals surface area contributed by atoms with E-state index in [0.717, 1.165) is 46.8 Å². The Labute approximate surface area is 243 Å². The third kappa shape index (κ3) is 8.62. The van der Waals surface area contributed by atoms with E-state index in [0.29, 0.717) is 23.7 Å². The van der Waals surface area contributed by atoms with Gasteiger partial charge >= 0.3 is 0 Å². The maximum Gasteiger partial charge on any atom is 0.243 e. The van der Waals surface area contributed by atoms with Crippen molar-refractivity contribution in [1.29, 1.82) is 0 Å². The molecule has 1 aliphatic carbocycles. The number of thioether (sulfide) groups is 1. The number of carbonyl (C=O) groups excluding carboxylic acids is 2. The maximum absolute atomic E-state index is 13.8. The highest BCUT2D eigenvalue weighted by Crippen LogP contribution is 2.24. The zero-order valence-electron chi connectivity index (χ0n) is 21.5. The van der Waals surface area contributed by atoms with E-state index in [-0.39, 0.29) is 23.6 Å². The number of halogens is 2. The Hall–Kier alpha value is -2.28. The van der Waals surface area contributed by atoms with E-state index in [1.807, 2.05) is 78.9 Å². The molecule has 2 amide bonds. The normalized spacial score (nSPS) is 14.6. The van der Waals surface area contributed by atoms with Crippen molar-refractivity contribution in [3.05, 3.63) is 105 Å². The third-order valence-corrected chi connectivity index (χ3v) is 8.73. The fraction of sp³-hybridized carbons (Fsp3) is 0.355. The average molecular weight is 614 g/mol. The van der Waals surface area contributed by atoms with Crippen molar-refractivity contribution in [2.75, 3.05) is 5.75 Å². The highest BCUT2D eigenvalue weighted by molar-refractivity contribution is 9.10. The molecule has 4 rings (SSSR count). The zero-order valence-corrected chi connectivity index (χ0v) is 24.6. The van der Waals surface area contributed by atoms with E-state index < -0.39 is 6.04 Å². The van der Waals surface area contributed by atoms with Gasteiger partial charge in [-0.05, 0) is 47.7 Å². The smallest absolute Gasteiger partial charge is 0.243 e. The fourth-order valence-electron chi connectivity index (χ4n) is 4.88. The topological polar surface area (TPSA) is 49.4 Å². The molecule has 0 aliphatic heterocycles. The van der Waals surface area contributed by atoms with E-state index >= 15 is 0 Å². The highest BCUT2D eigenvalue weighted by Gasteiger charge is 2.31. The van der Waals surface area contributed by atoms with Gasteiger partial charge in [-0.2, -0.15) is 0 Å². The van der Waals surface area contributed by atoms with Crippen molar-refractivity contribution in [3.63, 3.8) is 0 Å². The Morgan fingerprint density at radius 2 is 1.66 bits per heavy atom. The minimum absolute atomic E-state index is 0.0539. The van der Waals surface area contributed by atoms with Gasteiger partial charge in [0.05, 0.1) is 5.75 Å². The average Bonchev–Trinajstić information content (AvgIpc) is 2.93. The molecular formula is C31H34BrClN2O2S. The number of hydrogen-bond donors (Lipinski definition) is 1. The molecule has 0 bridgehead atoms. The largest absolute Gasteiger partial charge is 0.352 e. The van der Waals surface area contributed by atoms with Gasteiger partial charge in [0, 0.05) is 34.3 Å². The number of benzene rings is 3. The van der Waals surface area contributed by atoms with Crippen LogP contribution in [0.15, 0.2) is 83.3 Å². The van der Waals surface area contributed by atoms with Crippen molar-refractivity contribution in [2.45, 2.75) is 62.9 Å². The van der Waals surface area contributed by atoms with E-state index in [4.69, 9.17) is 11.6 Å². The van der Waals surface area contributed by atoms with E-state index in [1.54, 1.807) is 4.90 Å². The summed E-state index contributed by atoms with van der Waals surface area (Å²) in [5.41, 5.74) is 3.01. The van der Waals surface area contributed by atoms with Gasteiger partial charge < -0.3 is 10.2 Å². The molecule has 1 N–H and O–H groups in total. The zero-order chi connectivity index (χ0) is 26.7. The Balaban J connectivity index is 1.57. The first-order valence-corrected chi connectivity index (χ1v) is 15.5. The molecule has 38 heavy (non-hydrogen) atoms. The number of nitrogens with zero attached hydrogens (tertiary/aromatic N) is 1. The van der Waals surface area contributed by atoms with Gasteiger partial charge in [-0.1, -0.05) is 107 Å². The van der Waals surface area contributed by atoms with Gasteiger partial charge in [-0.3, -0.25) is 9.59 Å². The van der Waals surface area contributed by atoms with Crippen molar-refractivity contribution in [1.82, 2.24) is 10.2 Å². The molecule has 1 fully saturated rings. The van der Waals surface area contributed by atoms with Crippen LogP contribution in [0.25, 0.3) is 0 Å². The van der Waals surface area contributed by atoms with Crippen molar-refractivity contribution in [3.8, 4) is 0 Å². The summed E-state index contributed by atoms with van der Waals surface area (Å²) in [7, 11) is 0. The van der Waals surface area contributed by atoms with Crippen LogP contribution >= 0.6 is 39.3 Å². The van der Waals surface area contributed by atoms with Gasteiger partial charge in [0.25, 0.3) is 0 Å². The third-order valence-electron chi connectivity index (χ3n) is 6.91. The summed E-state index contributed by atoms with van der Waals surface area (Å²) >= 11 is 11.4. The Kier molecular flexibility index (Phi) is 11.2. The second kappa shape index (κ2) is 14.8. The second-order valence-electron chi connectivity index (χ2n) is 9.78. The lowest BCUT2D eigenvalue weighted by atomic mass is 9.94. The summed E-state index contributed by atoms with van der Waals surface area (Å²) in [5.74, 6) is 0.775. The summed E-state index contributed by atoms with van der Waals surface area (Å²) in [4.78, 5) is 29.4. The quantitative estimate of drug-likeness (QED) is 0.245. The highest BCUT2D eigenvalue weighted by atomic mass is 79.9. The molecule has 0 unspecified atom stereocenters. The first-order chi connectivity index (χ1) is 18.5. The van der Waals surface area contributed by atoms with Crippen LogP contribution in [0.1, 0.15) is 48.8 Å². The Bertz CT molecular complexity index is 1200. The van der Waals surface area contributed by atoms with Crippen LogP contribution in [0.4, 0.5) is 0 Å². The van der Waals surface area contributed by atoms with Gasteiger partial charge in [0.2, 0.25) is 11.8 Å². The van der Waals surface area contributed by atoms with E-state index in [1.165, 1.54) is 18.2 Å². The number of nitrogens with one attached hydrogen (secondary N) is 1. The minimum atomic E-state index is -0.605. The number of amides is 2. The van der Waals surface area contributed by atoms with Crippen molar-refractivity contribution >= 4 is 51.1 Å². The number of hydrogen-bond acceptors (Lipinski definition) is 3. The number of rotatable bonds is 11. The maximum atomic E-state index is 13.8. The van der Waals surface area contributed by atoms with Crippen LogP contribution in [0.3, 0.4) is 0 Å². The molecule has 200 valence electrons. The van der Waals surface area contributed by atoms with Crippen LogP contribution in [0.5, 0.6) is 0 Å². The summed E-state index contributed by atoms with van der Waals surface area (Å²) in [5, 5.41) is 4.00. The molecule has 1 aliphatic rings. The van der Waals surface area contributed by atoms with Gasteiger partial charge in [-0.25, -0.2) is 0 Å². The Morgan fingerprint density at radius 3 is 2.39 bits per heavy atom. The summed E-state index contributed by atoms with van der Waals surface area (Å²) < 4.78 is 0.946. The summed E-state index contributed by atoms with van der Waals surface area (Å²) in [6, 6.07) is 25.2. The van der Waals surface area contributed by atoms with Crippen molar-refractivity contribution in [2.24, 2.45) is 0 Å². The summed E-state index contributed by atoms with van der Waals surface area (Å²) in [6.07, 6.45) is 5.94. The molecule has 0 heterocycles. The lowest BCUT2D eigenvalue weighted by Gasteiger charge is -2.33. The molecule has 1 saturated carbocycles. The lowest BCUT2D eigenvalue weighted by molar-refractivity contribution is -0.139. The predicted octanol–water partition coefficient (Wildman–Crippen LogP) is 7.42. The molecule has 1 atom stereocenters. The molecular weight excluding hydrogens is 580 g/mol. The minimum Gasteiger partial charge on any atom is -0.352 e. The molecule has 0 aromatic heterocycles. The predicted molar refractivity (Wildman–Crippen MR) is 161 cm³/mol. The summed E-state index contributed by atoms with van der Waals surface area (Å²) in [6.45, 7) is 0.362. The van der Waals surface area contributed by atoms with Crippen LogP contribution in [0, 0.1) is 0 Å². The van der Waals surface area contributed by atoms with Crippen LogP contribution < -0.4 is 5.32 Å². The first-order valence-electron chi connectivity index (χ1n) is 13.2. The van der Waals surface area contributed by atoms with Gasteiger partial charge in [0.15, 0.2) is 0 Å². The lowest BCUT2D eigenvalue weighted by Crippen LogP contribution is -2.53. The molecule has 3 aromatic rings. The monoisotopic (exact) mass is 612 g/mol. The molecule has 0 spiro atoms.